The Hall–Kier alpha value is -1.71. The van der Waals surface area contributed by atoms with E-state index >= 15 is 0 Å². The van der Waals surface area contributed by atoms with E-state index in [1.54, 1.807) is 0 Å². The summed E-state index contributed by atoms with van der Waals surface area (Å²) < 4.78 is 0. The molecular weight excluding hydrogens is 226 g/mol. The third-order valence-electron chi connectivity index (χ3n) is 3.09. The molecule has 0 unspecified atom stereocenters. The molecule has 0 bridgehead atoms. The Bertz CT molecular complexity index is 427. The zero-order chi connectivity index (χ0) is 13.1. The topological polar surface area (TPSA) is 58.4 Å². The van der Waals surface area contributed by atoms with Gasteiger partial charge < -0.3 is 16.0 Å². The van der Waals surface area contributed by atoms with Gasteiger partial charge in [-0.2, -0.15) is 0 Å². The van der Waals surface area contributed by atoms with Crippen LogP contribution in [0.1, 0.15) is 32.3 Å². The van der Waals surface area contributed by atoms with E-state index < -0.39 is 0 Å². The van der Waals surface area contributed by atoms with Crippen LogP contribution in [0.2, 0.25) is 0 Å². The summed E-state index contributed by atoms with van der Waals surface area (Å²) in [4.78, 5) is 13.9. The number of hydrogen-bond donors (Lipinski definition) is 2. The van der Waals surface area contributed by atoms with Gasteiger partial charge in [-0.1, -0.05) is 12.1 Å². The zero-order valence-corrected chi connectivity index (χ0v) is 11.0. The van der Waals surface area contributed by atoms with Crippen molar-refractivity contribution in [1.82, 2.24) is 10.2 Å². The van der Waals surface area contributed by atoms with Crippen LogP contribution in [0.5, 0.6) is 0 Å². The number of amides is 2. The molecule has 0 aromatic heterocycles. The summed E-state index contributed by atoms with van der Waals surface area (Å²) in [5.74, 6) is 0. The average Bonchev–Trinajstić information content (AvgIpc) is 3.09. The molecule has 0 spiro atoms. The highest BCUT2D eigenvalue weighted by Gasteiger charge is 2.26. The van der Waals surface area contributed by atoms with Crippen LogP contribution < -0.4 is 11.1 Å². The number of nitrogen functional groups attached to an aromatic ring is 1. The average molecular weight is 247 g/mol. The first-order valence-electron chi connectivity index (χ1n) is 6.48. The molecule has 2 amide bonds. The minimum Gasteiger partial charge on any atom is -0.399 e. The van der Waals surface area contributed by atoms with E-state index in [0.717, 1.165) is 24.1 Å². The first-order chi connectivity index (χ1) is 8.56. The molecular formula is C14H21N3O. The van der Waals surface area contributed by atoms with E-state index in [1.165, 1.54) is 0 Å². The van der Waals surface area contributed by atoms with E-state index in [1.807, 2.05) is 43.0 Å². The first kappa shape index (κ1) is 12.7. The second-order valence-corrected chi connectivity index (χ2v) is 5.19. The molecule has 0 radical (unpaired) electrons. The van der Waals surface area contributed by atoms with Crippen LogP contribution in [0, 0.1) is 0 Å². The maximum atomic E-state index is 12.1. The van der Waals surface area contributed by atoms with Gasteiger partial charge in [0.1, 0.15) is 0 Å². The molecule has 1 aromatic carbocycles. The van der Waals surface area contributed by atoms with E-state index in [2.05, 4.69) is 5.32 Å². The Morgan fingerprint density at radius 1 is 1.50 bits per heavy atom. The second-order valence-electron chi connectivity index (χ2n) is 5.19. The number of nitrogens with zero attached hydrogens (tertiary/aromatic N) is 1. The van der Waals surface area contributed by atoms with Gasteiger partial charge >= 0.3 is 6.03 Å². The molecule has 0 heterocycles. The van der Waals surface area contributed by atoms with Crippen LogP contribution in [0.15, 0.2) is 24.3 Å². The van der Waals surface area contributed by atoms with Crippen LogP contribution in [-0.4, -0.2) is 23.0 Å². The highest BCUT2D eigenvalue weighted by Crippen LogP contribution is 2.20. The Balaban J connectivity index is 2.03. The van der Waals surface area contributed by atoms with Crippen molar-refractivity contribution in [3.8, 4) is 0 Å². The number of carbonyl (C=O) groups excluding carboxylic acids is 1. The summed E-state index contributed by atoms with van der Waals surface area (Å²) in [6.07, 6.45) is 2.21. The van der Waals surface area contributed by atoms with Crippen LogP contribution in [0.4, 0.5) is 10.5 Å². The third kappa shape index (κ3) is 3.39. The van der Waals surface area contributed by atoms with Gasteiger partial charge in [0.2, 0.25) is 0 Å². The predicted molar refractivity (Wildman–Crippen MR) is 73.1 cm³/mol. The van der Waals surface area contributed by atoms with E-state index in [4.69, 9.17) is 5.73 Å². The highest BCUT2D eigenvalue weighted by atomic mass is 16.2. The Morgan fingerprint density at radius 3 is 2.78 bits per heavy atom. The number of benzene rings is 1. The number of anilines is 1. The summed E-state index contributed by atoms with van der Waals surface area (Å²) in [5.41, 5.74) is 7.56. The summed E-state index contributed by atoms with van der Waals surface area (Å²) in [5, 5.41) is 3.03. The normalized spacial score (nSPS) is 14.6. The van der Waals surface area contributed by atoms with Gasteiger partial charge in [0.15, 0.2) is 0 Å². The van der Waals surface area contributed by atoms with E-state index in [0.29, 0.717) is 12.6 Å². The van der Waals surface area contributed by atoms with Crippen LogP contribution in [-0.2, 0) is 6.54 Å². The molecule has 98 valence electrons. The Morgan fingerprint density at radius 2 is 2.22 bits per heavy atom. The van der Waals surface area contributed by atoms with Gasteiger partial charge in [-0.25, -0.2) is 4.79 Å². The largest absolute Gasteiger partial charge is 0.399 e. The van der Waals surface area contributed by atoms with E-state index in [9.17, 15) is 4.79 Å². The number of nitrogens with two attached hydrogens (primary N) is 1. The van der Waals surface area contributed by atoms with Crippen molar-refractivity contribution in [2.45, 2.75) is 45.3 Å². The predicted octanol–water partition coefficient (Wildman–Crippen LogP) is 2.35. The van der Waals surface area contributed by atoms with Crippen molar-refractivity contribution in [1.29, 1.82) is 0 Å². The SMILES string of the molecule is CC(C)N(Cc1cccc(N)c1)C(=O)NC1CC1. The molecule has 1 aliphatic rings. The van der Waals surface area contributed by atoms with Crippen LogP contribution in [0.3, 0.4) is 0 Å². The van der Waals surface area contributed by atoms with Crippen molar-refractivity contribution in [3.63, 3.8) is 0 Å². The number of carbonyl (C=O) groups is 1. The monoisotopic (exact) mass is 247 g/mol. The lowest BCUT2D eigenvalue weighted by Crippen LogP contribution is -2.44. The molecule has 1 aliphatic carbocycles. The second kappa shape index (κ2) is 5.29. The Labute approximate surface area is 108 Å². The molecule has 4 heteroatoms. The lowest BCUT2D eigenvalue weighted by atomic mass is 10.2. The number of hydrogen-bond acceptors (Lipinski definition) is 2. The van der Waals surface area contributed by atoms with Crippen molar-refractivity contribution in [2.24, 2.45) is 0 Å². The van der Waals surface area contributed by atoms with Crippen LogP contribution >= 0.6 is 0 Å². The zero-order valence-electron chi connectivity index (χ0n) is 11.0. The van der Waals surface area contributed by atoms with Gasteiger partial charge in [0, 0.05) is 24.3 Å². The standard InChI is InChI=1S/C14H21N3O/c1-10(2)17(14(18)16-13-6-7-13)9-11-4-3-5-12(15)8-11/h3-5,8,10,13H,6-7,9,15H2,1-2H3,(H,16,18). The van der Waals surface area contributed by atoms with E-state index in [-0.39, 0.29) is 12.1 Å². The number of nitrogens with one attached hydrogen (secondary N) is 1. The lowest BCUT2D eigenvalue weighted by Gasteiger charge is -2.27. The molecule has 4 nitrogen and oxygen atoms in total. The minimum atomic E-state index is 0.0231. The van der Waals surface area contributed by atoms with Gasteiger partial charge in [0.25, 0.3) is 0 Å². The molecule has 3 N–H and O–H groups in total. The highest BCUT2D eigenvalue weighted by molar-refractivity contribution is 5.75. The fourth-order valence-corrected chi connectivity index (χ4v) is 1.86. The molecule has 18 heavy (non-hydrogen) atoms. The summed E-state index contributed by atoms with van der Waals surface area (Å²) in [6, 6.07) is 8.27. The van der Waals surface area contributed by atoms with Gasteiger partial charge in [-0.15, -0.1) is 0 Å². The third-order valence-corrected chi connectivity index (χ3v) is 3.09. The molecule has 1 aromatic rings. The quantitative estimate of drug-likeness (QED) is 0.802. The van der Waals surface area contributed by atoms with Crippen molar-refractivity contribution >= 4 is 11.7 Å². The fraction of sp³-hybridized carbons (Fsp3) is 0.500. The van der Waals surface area contributed by atoms with Gasteiger partial charge in [0.05, 0.1) is 0 Å². The number of rotatable bonds is 4. The Kier molecular flexibility index (Phi) is 3.75. The van der Waals surface area contributed by atoms with Gasteiger partial charge in [-0.05, 0) is 44.4 Å². The van der Waals surface area contributed by atoms with Gasteiger partial charge in [-0.3, -0.25) is 0 Å². The molecule has 1 fully saturated rings. The minimum absolute atomic E-state index is 0.0231. The van der Waals surface area contributed by atoms with Crippen molar-refractivity contribution < 1.29 is 4.79 Å². The fourth-order valence-electron chi connectivity index (χ4n) is 1.86. The summed E-state index contributed by atoms with van der Waals surface area (Å²) >= 11 is 0. The molecule has 0 aliphatic heterocycles. The molecule has 0 atom stereocenters. The molecule has 0 saturated heterocycles. The van der Waals surface area contributed by atoms with Crippen molar-refractivity contribution in [3.05, 3.63) is 29.8 Å². The maximum absolute atomic E-state index is 12.1. The lowest BCUT2D eigenvalue weighted by molar-refractivity contribution is 0.179. The molecule has 2 rings (SSSR count). The number of urea groups is 1. The first-order valence-corrected chi connectivity index (χ1v) is 6.48. The summed E-state index contributed by atoms with van der Waals surface area (Å²) in [7, 11) is 0. The maximum Gasteiger partial charge on any atom is 0.318 e. The van der Waals surface area contributed by atoms with Crippen molar-refractivity contribution in [2.75, 3.05) is 5.73 Å². The van der Waals surface area contributed by atoms with Crippen LogP contribution in [0.25, 0.3) is 0 Å². The summed E-state index contributed by atoms with van der Waals surface area (Å²) in [6.45, 7) is 4.65. The molecule has 1 saturated carbocycles. The smallest absolute Gasteiger partial charge is 0.318 e.